The zero-order valence-electron chi connectivity index (χ0n) is 26.1. The summed E-state index contributed by atoms with van der Waals surface area (Å²) in [6, 6.07) is 21.5. The Kier molecular flexibility index (Phi) is 10.7. The molecule has 3 aromatic rings. The van der Waals surface area contributed by atoms with Gasteiger partial charge in [0.05, 0.1) is 11.4 Å². The Balaban J connectivity index is 1.51. The van der Waals surface area contributed by atoms with E-state index in [0.29, 0.717) is 36.8 Å². The number of carbonyl (C=O) groups excluding carboxylic acids is 2. The van der Waals surface area contributed by atoms with Gasteiger partial charge >= 0.3 is 0 Å². The van der Waals surface area contributed by atoms with E-state index in [0.717, 1.165) is 53.1 Å². The van der Waals surface area contributed by atoms with Gasteiger partial charge in [0.15, 0.2) is 11.5 Å². The lowest BCUT2D eigenvalue weighted by Gasteiger charge is -2.35. The summed E-state index contributed by atoms with van der Waals surface area (Å²) in [6.45, 7) is 3.96. The molecule has 2 amide bonds. The molecule has 45 heavy (non-hydrogen) atoms. The van der Waals surface area contributed by atoms with E-state index in [2.05, 4.69) is 5.32 Å². The van der Waals surface area contributed by atoms with Crippen LogP contribution in [0.3, 0.4) is 0 Å². The van der Waals surface area contributed by atoms with Crippen LogP contribution in [0, 0.1) is 6.92 Å². The van der Waals surface area contributed by atoms with Crippen molar-refractivity contribution in [2.24, 2.45) is 0 Å². The van der Waals surface area contributed by atoms with Crippen molar-refractivity contribution in [1.29, 1.82) is 0 Å². The van der Waals surface area contributed by atoms with Crippen LogP contribution in [0.5, 0.6) is 11.5 Å². The van der Waals surface area contributed by atoms with Crippen molar-refractivity contribution < 1.29 is 27.5 Å². The number of benzene rings is 3. The minimum Gasteiger partial charge on any atom is -0.486 e. The van der Waals surface area contributed by atoms with Gasteiger partial charge in [-0.3, -0.25) is 13.9 Å². The first-order valence-electron chi connectivity index (χ1n) is 15.8. The van der Waals surface area contributed by atoms with E-state index < -0.39 is 28.5 Å². The van der Waals surface area contributed by atoms with E-state index in [9.17, 15) is 18.0 Å². The molecule has 9 nitrogen and oxygen atoms in total. The smallest absolute Gasteiger partial charge is 0.244 e. The number of fused-ring (bicyclic) bond motifs is 1. The van der Waals surface area contributed by atoms with Crippen molar-refractivity contribution in [2.75, 3.05) is 29.8 Å². The molecule has 0 aromatic heterocycles. The molecule has 1 aliphatic heterocycles. The molecule has 0 spiro atoms. The maximum Gasteiger partial charge on any atom is 0.244 e. The topological polar surface area (TPSA) is 105 Å². The number of anilines is 1. The van der Waals surface area contributed by atoms with Gasteiger partial charge in [-0.15, -0.1) is 0 Å². The summed E-state index contributed by atoms with van der Waals surface area (Å²) in [4.78, 5) is 30.1. The first-order chi connectivity index (χ1) is 21.7. The van der Waals surface area contributed by atoms with Gasteiger partial charge in [-0.25, -0.2) is 8.42 Å². The average molecular weight is 634 g/mol. The first kappa shape index (κ1) is 32.3. The molecule has 240 valence electrons. The zero-order chi connectivity index (χ0) is 31.8. The normalized spacial score (nSPS) is 15.6. The summed E-state index contributed by atoms with van der Waals surface area (Å²) in [5.41, 5.74) is 3.14. The first-order valence-corrected chi connectivity index (χ1v) is 17.4. The summed E-state index contributed by atoms with van der Waals surface area (Å²) < 4.78 is 39.4. The second-order valence-electron chi connectivity index (χ2n) is 11.8. The van der Waals surface area contributed by atoms with Crippen LogP contribution in [-0.4, -0.2) is 62.7 Å². The zero-order valence-corrected chi connectivity index (χ0v) is 26.9. The summed E-state index contributed by atoms with van der Waals surface area (Å²) in [5, 5.41) is 3.23. The van der Waals surface area contributed by atoms with Gasteiger partial charge in [0.1, 0.15) is 25.8 Å². The van der Waals surface area contributed by atoms with E-state index in [1.165, 1.54) is 0 Å². The number of carbonyl (C=O) groups is 2. The average Bonchev–Trinajstić information content (AvgIpc) is 3.06. The van der Waals surface area contributed by atoms with Crippen molar-refractivity contribution in [1.82, 2.24) is 10.2 Å². The Morgan fingerprint density at radius 3 is 2.27 bits per heavy atom. The quantitative estimate of drug-likeness (QED) is 0.301. The Morgan fingerprint density at radius 2 is 1.58 bits per heavy atom. The van der Waals surface area contributed by atoms with E-state index >= 15 is 0 Å². The lowest BCUT2D eigenvalue weighted by atomic mass is 9.94. The van der Waals surface area contributed by atoms with Gasteiger partial charge in [0.25, 0.3) is 0 Å². The predicted octanol–water partition coefficient (Wildman–Crippen LogP) is 5.01. The van der Waals surface area contributed by atoms with E-state index in [1.807, 2.05) is 61.5 Å². The SMILES string of the molecule is CCS(=O)(=O)N(CC(=O)N(Cc1ccc(C)cc1)C(Cc1ccccc1)C(=O)NC1CCCCC1)c1ccc2c(c1)OCCO2. The summed E-state index contributed by atoms with van der Waals surface area (Å²) in [6.07, 6.45) is 5.37. The highest BCUT2D eigenvalue weighted by atomic mass is 32.2. The molecule has 1 fully saturated rings. The molecule has 0 radical (unpaired) electrons. The van der Waals surface area contributed by atoms with Crippen LogP contribution in [0.15, 0.2) is 72.8 Å². The third kappa shape index (κ3) is 8.36. The van der Waals surface area contributed by atoms with Crippen LogP contribution in [0.1, 0.15) is 55.7 Å². The van der Waals surface area contributed by atoms with Crippen LogP contribution in [-0.2, 0) is 32.6 Å². The lowest BCUT2D eigenvalue weighted by molar-refractivity contribution is -0.140. The van der Waals surface area contributed by atoms with Crippen LogP contribution < -0.4 is 19.1 Å². The van der Waals surface area contributed by atoms with Crippen LogP contribution in [0.4, 0.5) is 5.69 Å². The molecular weight excluding hydrogens is 590 g/mol. The van der Waals surface area contributed by atoms with Gasteiger partial charge in [-0.05, 0) is 49.9 Å². The molecule has 1 heterocycles. The number of amides is 2. The van der Waals surface area contributed by atoms with Crippen LogP contribution >= 0.6 is 0 Å². The number of nitrogens with zero attached hydrogens (tertiary/aromatic N) is 2. The number of sulfonamides is 1. The van der Waals surface area contributed by atoms with Gasteiger partial charge < -0.3 is 19.7 Å². The third-order valence-corrected chi connectivity index (χ3v) is 10.2. The molecule has 1 atom stereocenters. The number of aryl methyl sites for hydroxylation is 1. The fraction of sp³-hybridized carbons (Fsp3) is 0.429. The molecule has 1 N–H and O–H groups in total. The standard InChI is InChI=1S/C35H43N3O6S/c1-3-45(41,42)38(30-18-19-32-33(23-30)44-21-20-43-32)25-34(39)37(24-28-16-14-26(2)15-17-28)31(22-27-10-6-4-7-11-27)35(40)36-29-12-8-5-9-13-29/h4,6-7,10-11,14-19,23,29,31H,3,5,8-9,12-13,20-22,24-25H2,1-2H3,(H,36,40). The molecule has 5 rings (SSSR count). The maximum absolute atomic E-state index is 14.5. The van der Waals surface area contributed by atoms with Crippen molar-refractivity contribution in [3.63, 3.8) is 0 Å². The summed E-state index contributed by atoms with van der Waals surface area (Å²) in [5.74, 6) is 0.0430. The number of hydrogen-bond donors (Lipinski definition) is 1. The number of nitrogens with one attached hydrogen (secondary N) is 1. The number of rotatable bonds is 12. The maximum atomic E-state index is 14.5. The monoisotopic (exact) mass is 633 g/mol. The van der Waals surface area contributed by atoms with E-state index in [-0.39, 0.29) is 24.2 Å². The Labute approximate surface area is 266 Å². The van der Waals surface area contributed by atoms with Crippen molar-refractivity contribution in [3.8, 4) is 11.5 Å². The Bertz CT molecular complexity index is 1560. The van der Waals surface area contributed by atoms with Gasteiger partial charge in [0.2, 0.25) is 21.8 Å². The van der Waals surface area contributed by atoms with Crippen molar-refractivity contribution in [3.05, 3.63) is 89.5 Å². The van der Waals surface area contributed by atoms with Crippen LogP contribution in [0.25, 0.3) is 0 Å². The molecule has 2 aliphatic rings. The van der Waals surface area contributed by atoms with Gasteiger partial charge in [0, 0.05) is 25.1 Å². The summed E-state index contributed by atoms with van der Waals surface area (Å²) >= 11 is 0. The fourth-order valence-corrected chi connectivity index (χ4v) is 6.95. The second-order valence-corrected chi connectivity index (χ2v) is 14.0. The molecule has 10 heteroatoms. The highest BCUT2D eigenvalue weighted by Crippen LogP contribution is 2.35. The van der Waals surface area contributed by atoms with Crippen molar-refractivity contribution >= 4 is 27.5 Å². The number of hydrogen-bond acceptors (Lipinski definition) is 6. The summed E-state index contributed by atoms with van der Waals surface area (Å²) in [7, 11) is -3.89. The highest BCUT2D eigenvalue weighted by molar-refractivity contribution is 7.92. The molecule has 3 aromatic carbocycles. The Hall–Kier alpha value is -4.05. The molecule has 1 aliphatic carbocycles. The highest BCUT2D eigenvalue weighted by Gasteiger charge is 2.35. The molecule has 0 bridgehead atoms. The molecule has 1 saturated carbocycles. The minimum atomic E-state index is -3.89. The molecule has 1 unspecified atom stereocenters. The van der Waals surface area contributed by atoms with E-state index in [1.54, 1.807) is 30.0 Å². The predicted molar refractivity (Wildman–Crippen MR) is 175 cm³/mol. The molecular formula is C35H43N3O6S. The molecule has 0 saturated heterocycles. The van der Waals surface area contributed by atoms with Crippen molar-refractivity contribution in [2.45, 2.75) is 71.0 Å². The van der Waals surface area contributed by atoms with Crippen LogP contribution in [0.2, 0.25) is 0 Å². The second kappa shape index (κ2) is 14.8. The lowest BCUT2D eigenvalue weighted by Crippen LogP contribution is -2.55. The van der Waals surface area contributed by atoms with Gasteiger partial charge in [-0.1, -0.05) is 79.4 Å². The largest absolute Gasteiger partial charge is 0.486 e. The van der Waals surface area contributed by atoms with E-state index in [4.69, 9.17) is 9.47 Å². The Morgan fingerprint density at radius 1 is 0.889 bits per heavy atom. The minimum absolute atomic E-state index is 0.0514. The fourth-order valence-electron chi connectivity index (χ4n) is 5.90. The van der Waals surface area contributed by atoms with Gasteiger partial charge in [-0.2, -0.15) is 0 Å². The third-order valence-electron chi connectivity index (χ3n) is 8.49. The number of ether oxygens (including phenoxy) is 2.